The molecule has 0 aliphatic heterocycles. The zero-order chi connectivity index (χ0) is 16.3. The van der Waals surface area contributed by atoms with Crippen molar-refractivity contribution in [3.63, 3.8) is 0 Å². The fourth-order valence-electron chi connectivity index (χ4n) is 2.38. The van der Waals surface area contributed by atoms with E-state index in [0.29, 0.717) is 5.56 Å². The summed E-state index contributed by atoms with van der Waals surface area (Å²) in [6.45, 7) is 5.86. The Labute approximate surface area is 130 Å². The van der Waals surface area contributed by atoms with Crippen molar-refractivity contribution in [3.8, 4) is 16.9 Å². The lowest BCUT2D eigenvalue weighted by molar-refractivity contribution is 0.0957. The minimum absolute atomic E-state index is 0.188. The van der Waals surface area contributed by atoms with Crippen LogP contribution in [0.5, 0.6) is 5.75 Å². The van der Waals surface area contributed by atoms with E-state index >= 15 is 0 Å². The Bertz CT molecular complexity index is 674. The van der Waals surface area contributed by atoms with Crippen molar-refractivity contribution in [1.29, 1.82) is 0 Å². The molecular weight excluding hydrogens is 278 g/mol. The molecule has 2 rings (SSSR count). The molecule has 0 fully saturated rings. The van der Waals surface area contributed by atoms with Crippen LogP contribution in [0.1, 0.15) is 26.3 Å². The first-order chi connectivity index (χ1) is 10.3. The molecule has 0 aromatic heterocycles. The monoisotopic (exact) mass is 299 g/mol. The highest BCUT2D eigenvalue weighted by Gasteiger charge is 2.27. The Morgan fingerprint density at radius 3 is 2.09 bits per heavy atom. The maximum absolute atomic E-state index is 11.5. The van der Waals surface area contributed by atoms with Gasteiger partial charge in [0.2, 0.25) is 0 Å². The molecule has 0 aliphatic carbocycles. The lowest BCUT2D eigenvalue weighted by Gasteiger charge is -2.33. The molecule has 1 amide bonds. The zero-order valence-corrected chi connectivity index (χ0v) is 13.1. The third kappa shape index (κ3) is 3.39. The summed E-state index contributed by atoms with van der Waals surface area (Å²) in [4.78, 5) is 12.9. The van der Waals surface area contributed by atoms with Crippen molar-refractivity contribution < 1.29 is 15.0 Å². The van der Waals surface area contributed by atoms with Crippen LogP contribution >= 0.6 is 0 Å². The van der Waals surface area contributed by atoms with Crippen molar-refractivity contribution in [2.24, 2.45) is 0 Å². The lowest BCUT2D eigenvalue weighted by atomic mass is 9.97. The van der Waals surface area contributed by atoms with Crippen LogP contribution in [0.4, 0.5) is 4.79 Å². The van der Waals surface area contributed by atoms with E-state index in [-0.39, 0.29) is 12.3 Å². The Hall–Kier alpha value is -2.49. The predicted molar refractivity (Wildman–Crippen MR) is 86.9 cm³/mol. The van der Waals surface area contributed by atoms with E-state index in [2.05, 4.69) is 0 Å². The van der Waals surface area contributed by atoms with Gasteiger partial charge in [-0.3, -0.25) is 4.90 Å². The second-order valence-corrected chi connectivity index (χ2v) is 6.21. The summed E-state index contributed by atoms with van der Waals surface area (Å²) in [7, 11) is 0. The smallest absolute Gasteiger partial charge is 0.408 e. The van der Waals surface area contributed by atoms with E-state index in [1.165, 1.54) is 4.90 Å². The van der Waals surface area contributed by atoms with Crippen LogP contribution in [-0.4, -0.2) is 26.7 Å². The largest absolute Gasteiger partial charge is 0.507 e. The van der Waals surface area contributed by atoms with Crippen LogP contribution < -0.4 is 0 Å². The molecule has 0 saturated heterocycles. The lowest BCUT2D eigenvalue weighted by Crippen LogP contribution is -2.44. The number of aromatic hydroxyl groups is 1. The van der Waals surface area contributed by atoms with E-state index < -0.39 is 11.6 Å². The van der Waals surface area contributed by atoms with Crippen molar-refractivity contribution in [2.75, 3.05) is 0 Å². The molecule has 0 bridgehead atoms. The predicted octanol–water partition coefficient (Wildman–Crippen LogP) is 4.34. The minimum Gasteiger partial charge on any atom is -0.507 e. The fourth-order valence-corrected chi connectivity index (χ4v) is 2.38. The van der Waals surface area contributed by atoms with Crippen molar-refractivity contribution in [1.82, 2.24) is 4.90 Å². The SMILES string of the molecule is CC(C)(C)N(Cc1ccccc1-c1ccccc1O)C(=O)O. The van der Waals surface area contributed by atoms with Crippen LogP contribution in [-0.2, 0) is 6.54 Å². The fraction of sp³-hybridized carbons (Fsp3) is 0.278. The molecule has 22 heavy (non-hydrogen) atoms. The molecule has 0 aliphatic rings. The van der Waals surface area contributed by atoms with Gasteiger partial charge in [-0.15, -0.1) is 0 Å². The summed E-state index contributed by atoms with van der Waals surface area (Å²) < 4.78 is 0. The molecule has 0 unspecified atom stereocenters. The summed E-state index contributed by atoms with van der Waals surface area (Å²) in [5, 5.41) is 19.5. The number of carbonyl (C=O) groups is 1. The molecular formula is C18H21NO3. The topological polar surface area (TPSA) is 60.8 Å². The number of benzene rings is 2. The quantitative estimate of drug-likeness (QED) is 0.886. The Kier molecular flexibility index (Phi) is 4.40. The number of phenols is 1. The van der Waals surface area contributed by atoms with Crippen LogP contribution in [0, 0.1) is 0 Å². The van der Waals surface area contributed by atoms with Crippen molar-refractivity contribution in [2.45, 2.75) is 32.9 Å². The number of amides is 1. The molecule has 0 saturated carbocycles. The summed E-state index contributed by atoms with van der Waals surface area (Å²) in [5.74, 6) is 0.188. The van der Waals surface area contributed by atoms with Gasteiger partial charge in [0.1, 0.15) is 5.75 Å². The van der Waals surface area contributed by atoms with Gasteiger partial charge in [0, 0.05) is 11.1 Å². The highest BCUT2D eigenvalue weighted by Crippen LogP contribution is 2.32. The number of rotatable bonds is 3. The van der Waals surface area contributed by atoms with Gasteiger partial charge >= 0.3 is 6.09 Å². The van der Waals surface area contributed by atoms with E-state index in [1.54, 1.807) is 12.1 Å². The molecule has 4 nitrogen and oxygen atoms in total. The van der Waals surface area contributed by atoms with Gasteiger partial charge in [0.05, 0.1) is 6.54 Å². The molecule has 4 heteroatoms. The second-order valence-electron chi connectivity index (χ2n) is 6.21. The highest BCUT2D eigenvalue weighted by molar-refractivity contribution is 5.74. The van der Waals surface area contributed by atoms with Crippen LogP contribution in [0.2, 0.25) is 0 Å². The van der Waals surface area contributed by atoms with Crippen molar-refractivity contribution >= 4 is 6.09 Å². The van der Waals surface area contributed by atoms with Crippen LogP contribution in [0.25, 0.3) is 11.1 Å². The number of hydrogen-bond donors (Lipinski definition) is 2. The van der Waals surface area contributed by atoms with E-state index in [1.807, 2.05) is 57.2 Å². The maximum atomic E-state index is 11.5. The molecule has 0 atom stereocenters. The Balaban J connectivity index is 2.45. The van der Waals surface area contributed by atoms with Crippen molar-refractivity contribution in [3.05, 3.63) is 54.1 Å². The van der Waals surface area contributed by atoms with Gasteiger partial charge in [0.25, 0.3) is 0 Å². The third-order valence-electron chi connectivity index (χ3n) is 3.58. The second kappa shape index (κ2) is 6.10. The molecule has 0 spiro atoms. The number of para-hydroxylation sites is 1. The highest BCUT2D eigenvalue weighted by atomic mass is 16.4. The van der Waals surface area contributed by atoms with Gasteiger partial charge in [-0.25, -0.2) is 4.79 Å². The summed E-state index contributed by atoms with van der Waals surface area (Å²) >= 11 is 0. The summed E-state index contributed by atoms with van der Waals surface area (Å²) in [6, 6.07) is 14.6. The van der Waals surface area contributed by atoms with Gasteiger partial charge < -0.3 is 10.2 Å². The standard InChI is InChI=1S/C18H21NO3/c1-18(2,3)19(17(21)22)12-13-8-4-5-9-14(13)15-10-6-7-11-16(15)20/h4-11,20H,12H2,1-3H3,(H,21,22). The average Bonchev–Trinajstić information content (AvgIpc) is 2.44. The summed E-state index contributed by atoms with van der Waals surface area (Å²) in [6.07, 6.45) is -0.959. The molecule has 2 aromatic rings. The van der Waals surface area contributed by atoms with Crippen LogP contribution in [0.3, 0.4) is 0 Å². The van der Waals surface area contributed by atoms with Gasteiger partial charge in [-0.05, 0) is 38.0 Å². The molecule has 116 valence electrons. The molecule has 0 heterocycles. The van der Waals surface area contributed by atoms with Gasteiger partial charge in [-0.1, -0.05) is 42.5 Å². The number of nitrogens with zero attached hydrogens (tertiary/aromatic N) is 1. The summed E-state index contributed by atoms with van der Waals surface area (Å²) in [5.41, 5.74) is 1.91. The van der Waals surface area contributed by atoms with Gasteiger partial charge in [0.15, 0.2) is 0 Å². The number of phenolic OH excluding ortho intramolecular Hbond substituents is 1. The first-order valence-corrected chi connectivity index (χ1v) is 7.17. The maximum Gasteiger partial charge on any atom is 0.408 e. The van der Waals surface area contributed by atoms with E-state index in [9.17, 15) is 15.0 Å². The van der Waals surface area contributed by atoms with E-state index in [4.69, 9.17) is 0 Å². The average molecular weight is 299 g/mol. The Morgan fingerprint density at radius 2 is 1.55 bits per heavy atom. The molecule has 2 N–H and O–H groups in total. The number of hydrogen-bond acceptors (Lipinski definition) is 2. The first kappa shape index (κ1) is 15.9. The molecule has 2 aromatic carbocycles. The molecule has 0 radical (unpaired) electrons. The first-order valence-electron chi connectivity index (χ1n) is 7.17. The normalized spacial score (nSPS) is 11.2. The minimum atomic E-state index is -0.959. The number of carboxylic acid groups (broad SMARTS) is 1. The zero-order valence-electron chi connectivity index (χ0n) is 13.1. The third-order valence-corrected chi connectivity index (χ3v) is 3.58. The van der Waals surface area contributed by atoms with Crippen LogP contribution in [0.15, 0.2) is 48.5 Å². The van der Waals surface area contributed by atoms with E-state index in [0.717, 1.165) is 11.1 Å². The Morgan fingerprint density at radius 1 is 1.00 bits per heavy atom. The van der Waals surface area contributed by atoms with Gasteiger partial charge in [-0.2, -0.15) is 0 Å².